The molecule has 0 bridgehead atoms. The number of rotatable bonds is 3. The van der Waals surface area contributed by atoms with Crippen molar-refractivity contribution in [3.05, 3.63) is 42.4 Å². The second-order valence-electron chi connectivity index (χ2n) is 5.02. The van der Waals surface area contributed by atoms with Crippen molar-refractivity contribution in [3.63, 3.8) is 0 Å². The summed E-state index contributed by atoms with van der Waals surface area (Å²) in [6.45, 7) is 1.54. The van der Waals surface area contributed by atoms with Gasteiger partial charge in [-0.05, 0) is 18.1 Å². The molecule has 1 aromatic carbocycles. The third kappa shape index (κ3) is 2.18. The minimum absolute atomic E-state index is 0.403. The quantitative estimate of drug-likeness (QED) is 0.796. The Balaban J connectivity index is 1.57. The molecular formula is C15H14N4O2. The molecule has 3 aromatic rings. The summed E-state index contributed by atoms with van der Waals surface area (Å²) in [5, 5.41) is 7.94. The number of benzene rings is 1. The molecule has 106 valence electrons. The van der Waals surface area contributed by atoms with Crippen molar-refractivity contribution >= 4 is 16.9 Å². The number of nitrogens with one attached hydrogen (secondary N) is 1. The van der Waals surface area contributed by atoms with E-state index in [9.17, 15) is 0 Å². The van der Waals surface area contributed by atoms with Gasteiger partial charge in [0.15, 0.2) is 0 Å². The number of ether oxygens (including phenoxy) is 1. The van der Waals surface area contributed by atoms with E-state index in [1.165, 1.54) is 11.9 Å². The zero-order valence-electron chi connectivity index (χ0n) is 11.3. The first kappa shape index (κ1) is 12.1. The smallest absolute Gasteiger partial charge is 0.262 e. The Morgan fingerprint density at radius 2 is 2.19 bits per heavy atom. The molecule has 0 fully saturated rings. The first-order valence-corrected chi connectivity index (χ1v) is 6.93. The molecule has 1 N–H and O–H groups in total. The van der Waals surface area contributed by atoms with E-state index < -0.39 is 0 Å². The van der Waals surface area contributed by atoms with E-state index in [4.69, 9.17) is 9.26 Å². The summed E-state index contributed by atoms with van der Waals surface area (Å²) in [5.74, 6) is 2.14. The van der Waals surface area contributed by atoms with E-state index in [0.717, 1.165) is 36.5 Å². The number of fused-ring (bicyclic) bond motifs is 2. The highest BCUT2D eigenvalue weighted by atomic mass is 16.5. The monoisotopic (exact) mass is 282 g/mol. The fourth-order valence-electron chi connectivity index (χ4n) is 2.69. The predicted octanol–water partition coefficient (Wildman–Crippen LogP) is 2.60. The fraction of sp³-hybridized carbons (Fsp3) is 0.267. The molecule has 0 aliphatic carbocycles. The van der Waals surface area contributed by atoms with Crippen LogP contribution in [0.3, 0.4) is 0 Å². The molecule has 21 heavy (non-hydrogen) atoms. The van der Waals surface area contributed by atoms with Crippen molar-refractivity contribution in [2.24, 2.45) is 0 Å². The zero-order valence-corrected chi connectivity index (χ0v) is 11.3. The van der Waals surface area contributed by atoms with E-state index in [1.807, 2.05) is 18.2 Å². The second-order valence-corrected chi connectivity index (χ2v) is 5.02. The first-order chi connectivity index (χ1) is 10.4. The van der Waals surface area contributed by atoms with Gasteiger partial charge in [-0.2, -0.15) is 4.98 Å². The van der Waals surface area contributed by atoms with E-state index in [1.54, 1.807) is 6.20 Å². The highest BCUT2D eigenvalue weighted by Crippen LogP contribution is 2.33. The summed E-state index contributed by atoms with van der Waals surface area (Å²) < 4.78 is 10.7. The van der Waals surface area contributed by atoms with E-state index in [-0.39, 0.29) is 0 Å². The van der Waals surface area contributed by atoms with Gasteiger partial charge in [-0.15, -0.1) is 0 Å². The molecule has 0 spiro atoms. The summed E-state index contributed by atoms with van der Waals surface area (Å²) in [7, 11) is 0. The SMILES string of the molecule is c1ccc2c(c1)OCC[C@H]2CNc1ncnc2oncc12. The maximum absolute atomic E-state index is 5.69. The first-order valence-electron chi connectivity index (χ1n) is 6.93. The van der Waals surface area contributed by atoms with Gasteiger partial charge in [0.05, 0.1) is 12.8 Å². The topological polar surface area (TPSA) is 73.1 Å². The van der Waals surface area contributed by atoms with Crippen molar-refractivity contribution in [3.8, 4) is 5.75 Å². The van der Waals surface area contributed by atoms with Crippen LogP contribution in [0.15, 0.2) is 41.3 Å². The minimum atomic E-state index is 0.403. The lowest BCUT2D eigenvalue weighted by molar-refractivity contribution is 0.270. The van der Waals surface area contributed by atoms with Crippen LogP contribution in [0.2, 0.25) is 0 Å². The van der Waals surface area contributed by atoms with Crippen LogP contribution in [0.1, 0.15) is 17.9 Å². The van der Waals surface area contributed by atoms with Gasteiger partial charge in [-0.25, -0.2) is 4.98 Å². The van der Waals surface area contributed by atoms with Crippen molar-refractivity contribution in [2.45, 2.75) is 12.3 Å². The average molecular weight is 282 g/mol. The van der Waals surface area contributed by atoms with Crippen LogP contribution in [0.4, 0.5) is 5.82 Å². The number of hydrogen-bond acceptors (Lipinski definition) is 6. The van der Waals surface area contributed by atoms with Crippen molar-refractivity contribution < 1.29 is 9.26 Å². The van der Waals surface area contributed by atoms with Crippen LogP contribution < -0.4 is 10.1 Å². The van der Waals surface area contributed by atoms with E-state index >= 15 is 0 Å². The molecule has 6 heteroatoms. The third-order valence-corrected chi connectivity index (χ3v) is 3.77. The summed E-state index contributed by atoms with van der Waals surface area (Å²) in [6, 6.07) is 8.18. The molecule has 3 heterocycles. The minimum Gasteiger partial charge on any atom is -0.493 e. The molecule has 1 aliphatic heterocycles. The fourth-order valence-corrected chi connectivity index (χ4v) is 2.69. The number of nitrogens with zero attached hydrogens (tertiary/aromatic N) is 3. The summed E-state index contributed by atoms with van der Waals surface area (Å²) in [4.78, 5) is 8.30. The average Bonchev–Trinajstić information content (AvgIpc) is 3.02. The Kier molecular flexibility index (Phi) is 2.92. The largest absolute Gasteiger partial charge is 0.493 e. The van der Waals surface area contributed by atoms with Crippen molar-refractivity contribution in [2.75, 3.05) is 18.5 Å². The number of hydrogen-bond donors (Lipinski definition) is 1. The van der Waals surface area contributed by atoms with Crippen LogP contribution in [0.25, 0.3) is 11.1 Å². The van der Waals surface area contributed by atoms with Gasteiger partial charge in [0.1, 0.15) is 23.3 Å². The van der Waals surface area contributed by atoms with Crippen molar-refractivity contribution in [1.82, 2.24) is 15.1 Å². The molecule has 1 atom stereocenters. The Bertz CT molecular complexity index is 771. The molecule has 4 rings (SSSR count). The molecule has 1 aliphatic rings. The van der Waals surface area contributed by atoms with Gasteiger partial charge in [0.25, 0.3) is 5.71 Å². The summed E-state index contributed by atoms with van der Waals surface area (Å²) in [5.41, 5.74) is 1.74. The molecule has 0 amide bonds. The Hall–Kier alpha value is -2.63. The predicted molar refractivity (Wildman–Crippen MR) is 77.4 cm³/mol. The lowest BCUT2D eigenvalue weighted by Gasteiger charge is -2.26. The van der Waals surface area contributed by atoms with Crippen molar-refractivity contribution in [1.29, 1.82) is 0 Å². The van der Waals surface area contributed by atoms with Gasteiger partial charge < -0.3 is 14.6 Å². The Labute approximate surface area is 121 Å². The maximum atomic E-state index is 5.69. The third-order valence-electron chi connectivity index (χ3n) is 3.77. The van der Waals surface area contributed by atoms with E-state index in [2.05, 4.69) is 26.5 Å². The van der Waals surface area contributed by atoms with Gasteiger partial charge in [-0.3, -0.25) is 0 Å². The highest BCUT2D eigenvalue weighted by molar-refractivity contribution is 5.84. The van der Waals surface area contributed by atoms with Gasteiger partial charge in [0, 0.05) is 12.5 Å². The molecule has 0 radical (unpaired) electrons. The van der Waals surface area contributed by atoms with E-state index in [0.29, 0.717) is 11.6 Å². The molecule has 0 saturated carbocycles. The molecule has 0 saturated heterocycles. The normalized spacial score (nSPS) is 17.2. The van der Waals surface area contributed by atoms with Crippen LogP contribution >= 0.6 is 0 Å². The summed E-state index contributed by atoms with van der Waals surface area (Å²) in [6.07, 6.45) is 4.10. The van der Waals surface area contributed by atoms with Gasteiger partial charge in [0.2, 0.25) is 0 Å². The zero-order chi connectivity index (χ0) is 14.1. The Morgan fingerprint density at radius 1 is 1.24 bits per heavy atom. The van der Waals surface area contributed by atoms with Crippen LogP contribution in [-0.4, -0.2) is 28.3 Å². The number of anilines is 1. The van der Waals surface area contributed by atoms with Crippen LogP contribution in [0, 0.1) is 0 Å². The lowest BCUT2D eigenvalue weighted by Crippen LogP contribution is -2.21. The molecular weight excluding hydrogens is 268 g/mol. The Morgan fingerprint density at radius 3 is 3.19 bits per heavy atom. The van der Waals surface area contributed by atoms with Crippen LogP contribution in [-0.2, 0) is 0 Å². The standard InChI is InChI=1S/C15H14N4O2/c1-2-4-13-11(3-1)10(5-6-20-13)7-16-14-12-8-19-21-15(12)18-9-17-14/h1-4,8-10H,5-7H2,(H,16,17,18)/t10-/m0/s1. The number of aromatic nitrogens is 3. The van der Waals surface area contributed by atoms with Crippen LogP contribution in [0.5, 0.6) is 5.75 Å². The number of para-hydroxylation sites is 1. The van der Waals surface area contributed by atoms with Gasteiger partial charge in [-0.1, -0.05) is 23.4 Å². The molecule has 6 nitrogen and oxygen atoms in total. The maximum Gasteiger partial charge on any atom is 0.262 e. The highest BCUT2D eigenvalue weighted by Gasteiger charge is 2.21. The second kappa shape index (κ2) is 5.05. The summed E-state index contributed by atoms with van der Waals surface area (Å²) >= 11 is 0. The molecule has 2 aromatic heterocycles. The lowest BCUT2D eigenvalue weighted by atomic mass is 9.93. The molecule has 0 unspecified atom stereocenters. The van der Waals surface area contributed by atoms with Gasteiger partial charge >= 0.3 is 0 Å².